The second kappa shape index (κ2) is 9.17. The molecule has 0 radical (unpaired) electrons. The summed E-state index contributed by atoms with van der Waals surface area (Å²) in [6.45, 7) is 1.91. The summed E-state index contributed by atoms with van der Waals surface area (Å²) < 4.78 is 15.3. The average Bonchev–Trinajstić information content (AvgIpc) is 3.47. The third-order valence-corrected chi connectivity index (χ3v) is 5.49. The standard InChI is InChI=1S/C21H23N5O4S/c1-28-18-7-4-14(12-19(18)29-2)8-9-22-21(31)26-11-3-10-25(26)20(27)15-5-6-16-17(13-15)24-30-23-16/h4-7,12-13H,3,8-11H2,1-2H3,(H,22,31). The number of aromatic nitrogens is 2. The molecule has 1 aromatic heterocycles. The highest BCUT2D eigenvalue weighted by molar-refractivity contribution is 7.80. The molecule has 1 fully saturated rings. The van der Waals surface area contributed by atoms with E-state index in [2.05, 4.69) is 15.6 Å². The smallest absolute Gasteiger partial charge is 0.272 e. The number of ether oxygens (including phenoxy) is 2. The molecular weight excluding hydrogens is 418 g/mol. The molecule has 0 atom stereocenters. The van der Waals surface area contributed by atoms with E-state index in [1.165, 1.54) is 0 Å². The van der Waals surface area contributed by atoms with Gasteiger partial charge < -0.3 is 14.8 Å². The zero-order chi connectivity index (χ0) is 21.8. The number of benzene rings is 2. The molecule has 1 saturated heterocycles. The molecule has 31 heavy (non-hydrogen) atoms. The van der Waals surface area contributed by atoms with Crippen LogP contribution >= 0.6 is 12.2 Å². The maximum Gasteiger partial charge on any atom is 0.272 e. The molecule has 2 heterocycles. The number of nitrogens with zero attached hydrogens (tertiary/aromatic N) is 4. The molecule has 0 saturated carbocycles. The molecule has 0 aliphatic carbocycles. The second-order valence-electron chi connectivity index (χ2n) is 7.04. The van der Waals surface area contributed by atoms with Crippen LogP contribution in [0.2, 0.25) is 0 Å². The van der Waals surface area contributed by atoms with E-state index in [0.29, 0.717) is 52.8 Å². The molecule has 0 spiro atoms. The van der Waals surface area contributed by atoms with Crippen molar-refractivity contribution in [2.45, 2.75) is 12.8 Å². The number of hydrazine groups is 1. The quantitative estimate of drug-likeness (QED) is 0.579. The van der Waals surface area contributed by atoms with Gasteiger partial charge in [-0.25, -0.2) is 9.64 Å². The van der Waals surface area contributed by atoms with Crippen molar-refractivity contribution in [2.24, 2.45) is 0 Å². The van der Waals surface area contributed by atoms with Gasteiger partial charge in [0.15, 0.2) is 16.6 Å². The van der Waals surface area contributed by atoms with Gasteiger partial charge in [-0.15, -0.1) is 0 Å². The average molecular weight is 442 g/mol. The number of nitrogens with one attached hydrogen (secondary N) is 1. The fourth-order valence-corrected chi connectivity index (χ4v) is 3.83. The van der Waals surface area contributed by atoms with Gasteiger partial charge in [0.2, 0.25) is 0 Å². The van der Waals surface area contributed by atoms with Gasteiger partial charge in [-0.2, -0.15) is 0 Å². The lowest BCUT2D eigenvalue weighted by atomic mass is 10.1. The lowest BCUT2D eigenvalue weighted by molar-refractivity contribution is 0.0492. The molecule has 0 bridgehead atoms. The molecule has 3 aromatic rings. The number of rotatable bonds is 6. The van der Waals surface area contributed by atoms with Crippen molar-refractivity contribution < 1.29 is 18.9 Å². The molecule has 10 heteroatoms. The molecule has 1 amide bonds. The molecule has 0 unspecified atom stereocenters. The van der Waals surface area contributed by atoms with Crippen molar-refractivity contribution in [3.63, 3.8) is 0 Å². The van der Waals surface area contributed by atoms with Crippen LogP contribution in [0.3, 0.4) is 0 Å². The lowest BCUT2D eigenvalue weighted by Crippen LogP contribution is -2.49. The fourth-order valence-electron chi connectivity index (χ4n) is 3.54. The molecule has 1 aliphatic heterocycles. The Kier molecular flexibility index (Phi) is 6.17. The Bertz CT molecular complexity index is 1100. The van der Waals surface area contributed by atoms with Crippen molar-refractivity contribution in [2.75, 3.05) is 33.9 Å². The maximum absolute atomic E-state index is 13.0. The van der Waals surface area contributed by atoms with Crippen molar-refractivity contribution >= 4 is 34.3 Å². The third-order valence-electron chi connectivity index (χ3n) is 5.14. The molecular formula is C21H23N5O4S. The number of hydrogen-bond acceptors (Lipinski definition) is 7. The highest BCUT2D eigenvalue weighted by atomic mass is 32.1. The summed E-state index contributed by atoms with van der Waals surface area (Å²) in [5, 5.41) is 14.8. The zero-order valence-corrected chi connectivity index (χ0v) is 18.1. The Morgan fingerprint density at radius 1 is 1.06 bits per heavy atom. The van der Waals surface area contributed by atoms with Crippen LogP contribution in [0.1, 0.15) is 22.3 Å². The largest absolute Gasteiger partial charge is 0.493 e. The minimum absolute atomic E-state index is 0.133. The second-order valence-corrected chi connectivity index (χ2v) is 7.43. The van der Waals surface area contributed by atoms with E-state index in [0.717, 1.165) is 18.4 Å². The first kappa shape index (κ1) is 20.9. The first-order valence-electron chi connectivity index (χ1n) is 9.91. The van der Waals surface area contributed by atoms with E-state index in [-0.39, 0.29) is 5.91 Å². The number of fused-ring (bicyclic) bond motifs is 1. The normalized spacial score (nSPS) is 13.5. The first-order chi connectivity index (χ1) is 15.1. The predicted molar refractivity (Wildman–Crippen MR) is 118 cm³/mol. The van der Waals surface area contributed by atoms with Crippen molar-refractivity contribution in [1.82, 2.24) is 25.6 Å². The van der Waals surface area contributed by atoms with Crippen LogP contribution in [0.5, 0.6) is 11.5 Å². The highest BCUT2D eigenvalue weighted by Crippen LogP contribution is 2.27. The molecule has 4 rings (SSSR count). The van der Waals surface area contributed by atoms with Gasteiger partial charge in [0.05, 0.1) is 14.2 Å². The van der Waals surface area contributed by atoms with Crippen LogP contribution in [-0.4, -0.2) is 65.2 Å². The van der Waals surface area contributed by atoms with Gasteiger partial charge >= 0.3 is 0 Å². The highest BCUT2D eigenvalue weighted by Gasteiger charge is 2.29. The van der Waals surface area contributed by atoms with Gasteiger partial charge in [0.1, 0.15) is 11.0 Å². The van der Waals surface area contributed by atoms with Crippen LogP contribution < -0.4 is 14.8 Å². The van der Waals surface area contributed by atoms with Crippen molar-refractivity contribution in [1.29, 1.82) is 0 Å². The summed E-state index contributed by atoms with van der Waals surface area (Å²) in [6.07, 6.45) is 1.59. The third kappa shape index (κ3) is 4.38. The van der Waals surface area contributed by atoms with Crippen molar-refractivity contribution in [3.05, 3.63) is 47.5 Å². The Morgan fingerprint density at radius 2 is 1.84 bits per heavy atom. The first-order valence-corrected chi connectivity index (χ1v) is 10.3. The van der Waals surface area contributed by atoms with E-state index in [1.54, 1.807) is 37.4 Å². The van der Waals surface area contributed by atoms with Gasteiger partial charge in [-0.3, -0.25) is 9.80 Å². The van der Waals surface area contributed by atoms with Crippen LogP contribution in [0.15, 0.2) is 41.0 Å². The molecule has 162 valence electrons. The maximum atomic E-state index is 13.0. The van der Waals surface area contributed by atoms with E-state index in [9.17, 15) is 4.79 Å². The summed E-state index contributed by atoms with van der Waals surface area (Å²) in [5.74, 6) is 1.25. The summed E-state index contributed by atoms with van der Waals surface area (Å²) in [4.78, 5) is 13.0. The summed E-state index contributed by atoms with van der Waals surface area (Å²) >= 11 is 5.57. The fraction of sp³-hybridized carbons (Fsp3) is 0.333. The van der Waals surface area contributed by atoms with Crippen LogP contribution in [0.4, 0.5) is 0 Å². The van der Waals surface area contributed by atoms with Crippen LogP contribution in [-0.2, 0) is 6.42 Å². The topological polar surface area (TPSA) is 93.0 Å². The van der Waals surface area contributed by atoms with E-state index in [4.69, 9.17) is 26.3 Å². The van der Waals surface area contributed by atoms with E-state index >= 15 is 0 Å². The van der Waals surface area contributed by atoms with Gasteiger partial charge in [-0.05, 0) is 71.3 Å². The Balaban J connectivity index is 1.37. The molecule has 1 N–H and O–H groups in total. The number of carbonyl (C=O) groups is 1. The summed E-state index contributed by atoms with van der Waals surface area (Å²) in [6, 6.07) is 10.9. The molecule has 9 nitrogen and oxygen atoms in total. The number of hydrogen-bond donors (Lipinski definition) is 1. The summed E-state index contributed by atoms with van der Waals surface area (Å²) in [5.41, 5.74) is 2.77. The number of amides is 1. The zero-order valence-electron chi connectivity index (χ0n) is 17.3. The Labute approximate surface area is 184 Å². The van der Waals surface area contributed by atoms with Crippen molar-refractivity contribution in [3.8, 4) is 11.5 Å². The number of thiocarbonyl (C=S) groups is 1. The van der Waals surface area contributed by atoms with Crippen LogP contribution in [0.25, 0.3) is 11.0 Å². The SMILES string of the molecule is COc1ccc(CCNC(=S)N2CCCN2C(=O)c2ccc3nonc3c2)cc1OC. The van der Waals surface area contributed by atoms with E-state index in [1.807, 2.05) is 23.2 Å². The number of carbonyl (C=O) groups excluding carboxylic acids is 1. The number of methoxy groups -OCH3 is 2. The Hall–Kier alpha value is -3.40. The summed E-state index contributed by atoms with van der Waals surface area (Å²) in [7, 11) is 3.23. The van der Waals surface area contributed by atoms with E-state index < -0.39 is 0 Å². The minimum atomic E-state index is -0.133. The predicted octanol–water partition coefficient (Wildman–Crippen LogP) is 2.42. The van der Waals surface area contributed by atoms with Gasteiger partial charge in [0, 0.05) is 25.2 Å². The van der Waals surface area contributed by atoms with Gasteiger partial charge in [-0.1, -0.05) is 6.07 Å². The monoisotopic (exact) mass is 441 g/mol. The minimum Gasteiger partial charge on any atom is -0.493 e. The molecule has 1 aliphatic rings. The van der Waals surface area contributed by atoms with Gasteiger partial charge in [0.25, 0.3) is 5.91 Å². The molecule has 2 aromatic carbocycles. The Morgan fingerprint density at radius 3 is 2.65 bits per heavy atom. The van der Waals surface area contributed by atoms with Crippen LogP contribution in [0, 0.1) is 0 Å². The lowest BCUT2D eigenvalue weighted by Gasteiger charge is -2.30.